The minimum atomic E-state index is -0.258. The molecule has 1 N–H and O–H groups in total. The van der Waals surface area contributed by atoms with Crippen LogP contribution in [0.25, 0.3) is 0 Å². The summed E-state index contributed by atoms with van der Waals surface area (Å²) in [6.07, 6.45) is 6.70. The maximum atomic E-state index is 12.1. The van der Waals surface area contributed by atoms with Gasteiger partial charge in [0, 0.05) is 31.5 Å². The number of hydrogen-bond donors (Lipinski definition) is 1. The Hall–Kier alpha value is -1.36. The van der Waals surface area contributed by atoms with Crippen LogP contribution in [0.2, 0.25) is 0 Å². The first-order valence-corrected chi connectivity index (χ1v) is 7.36. The first-order valence-electron chi connectivity index (χ1n) is 7.36. The second-order valence-electron chi connectivity index (χ2n) is 5.18. The molecule has 2 atom stereocenters. The van der Waals surface area contributed by atoms with E-state index < -0.39 is 0 Å². The van der Waals surface area contributed by atoms with Crippen LogP contribution in [-0.2, 0) is 23.0 Å². The number of aromatic nitrogens is 2. The van der Waals surface area contributed by atoms with Crippen LogP contribution in [0.3, 0.4) is 0 Å². The van der Waals surface area contributed by atoms with E-state index in [0.29, 0.717) is 19.4 Å². The van der Waals surface area contributed by atoms with E-state index in [1.807, 2.05) is 18.5 Å². The van der Waals surface area contributed by atoms with Gasteiger partial charge in [0.05, 0.1) is 18.9 Å². The Morgan fingerprint density at radius 3 is 2.75 bits per heavy atom. The van der Waals surface area contributed by atoms with E-state index in [9.17, 15) is 9.90 Å². The number of rotatable bonds is 9. The Kier molecular flexibility index (Phi) is 7.30. The number of nitrogens with zero attached hydrogens (tertiary/aromatic N) is 2. The van der Waals surface area contributed by atoms with Crippen LogP contribution in [0.4, 0.5) is 0 Å². The van der Waals surface area contributed by atoms with Crippen molar-refractivity contribution >= 4 is 5.97 Å². The van der Waals surface area contributed by atoms with E-state index in [1.165, 1.54) is 0 Å². The molecule has 1 aromatic heterocycles. The fourth-order valence-corrected chi connectivity index (χ4v) is 2.30. The molecule has 0 aliphatic rings. The van der Waals surface area contributed by atoms with Gasteiger partial charge in [0.1, 0.15) is 0 Å². The molecule has 0 saturated carbocycles. The molecule has 0 fully saturated rings. The number of carbonyl (C=O) groups is 1. The molecule has 0 unspecified atom stereocenters. The lowest BCUT2D eigenvalue weighted by Crippen LogP contribution is -2.30. The van der Waals surface area contributed by atoms with Crippen molar-refractivity contribution in [3.05, 3.63) is 18.2 Å². The molecular formula is C15H26N2O3. The normalized spacial score (nSPS) is 14.0. The van der Waals surface area contributed by atoms with Crippen LogP contribution in [0, 0.1) is 11.8 Å². The van der Waals surface area contributed by atoms with Crippen molar-refractivity contribution in [1.82, 2.24) is 9.55 Å². The molecule has 0 bridgehead atoms. The fourth-order valence-electron chi connectivity index (χ4n) is 2.30. The second kappa shape index (κ2) is 8.74. The Labute approximate surface area is 121 Å². The van der Waals surface area contributed by atoms with E-state index in [2.05, 4.69) is 11.9 Å². The van der Waals surface area contributed by atoms with Crippen LogP contribution < -0.4 is 0 Å². The van der Waals surface area contributed by atoms with Gasteiger partial charge >= 0.3 is 5.97 Å². The topological polar surface area (TPSA) is 64.3 Å². The zero-order valence-electron chi connectivity index (χ0n) is 12.7. The molecule has 0 aliphatic carbocycles. The van der Waals surface area contributed by atoms with Crippen molar-refractivity contribution in [2.75, 3.05) is 13.2 Å². The molecule has 0 aromatic carbocycles. The van der Waals surface area contributed by atoms with Crippen molar-refractivity contribution in [3.63, 3.8) is 0 Å². The number of carbonyl (C=O) groups excluding carboxylic acids is 1. The molecule has 0 amide bonds. The lowest BCUT2D eigenvalue weighted by molar-refractivity contribution is -0.151. The quantitative estimate of drug-likeness (QED) is 0.555. The molecule has 0 aliphatic heterocycles. The highest BCUT2D eigenvalue weighted by atomic mass is 16.5. The van der Waals surface area contributed by atoms with Crippen LogP contribution >= 0.6 is 0 Å². The van der Waals surface area contributed by atoms with Gasteiger partial charge in [-0.3, -0.25) is 4.79 Å². The van der Waals surface area contributed by atoms with Crippen LogP contribution in [0.15, 0.2) is 12.5 Å². The predicted octanol–water partition coefficient (Wildman–Crippen LogP) is 1.94. The van der Waals surface area contributed by atoms with E-state index in [4.69, 9.17) is 4.74 Å². The summed E-state index contributed by atoms with van der Waals surface area (Å²) in [5.41, 5.74) is 1.02. The number of esters is 1. The predicted molar refractivity (Wildman–Crippen MR) is 77.1 cm³/mol. The SMILES string of the molecule is CCCCOC(=O)[C@@H](CC)[C@H](CO)Cc1cncn1C. The van der Waals surface area contributed by atoms with E-state index >= 15 is 0 Å². The molecule has 1 aromatic rings. The van der Waals surface area contributed by atoms with Gasteiger partial charge in [0.25, 0.3) is 0 Å². The average molecular weight is 282 g/mol. The maximum Gasteiger partial charge on any atom is 0.309 e. The number of imidazole rings is 1. The lowest BCUT2D eigenvalue weighted by Gasteiger charge is -2.23. The number of aryl methyl sites for hydroxylation is 1. The molecule has 0 radical (unpaired) electrons. The highest BCUT2D eigenvalue weighted by Crippen LogP contribution is 2.22. The second-order valence-corrected chi connectivity index (χ2v) is 5.18. The lowest BCUT2D eigenvalue weighted by atomic mass is 9.87. The van der Waals surface area contributed by atoms with Crippen molar-refractivity contribution in [1.29, 1.82) is 0 Å². The summed E-state index contributed by atoms with van der Waals surface area (Å²) in [7, 11) is 1.91. The van der Waals surface area contributed by atoms with E-state index in [0.717, 1.165) is 18.5 Å². The monoisotopic (exact) mass is 282 g/mol. The smallest absolute Gasteiger partial charge is 0.309 e. The highest BCUT2D eigenvalue weighted by molar-refractivity contribution is 5.72. The van der Waals surface area contributed by atoms with Crippen molar-refractivity contribution < 1.29 is 14.6 Å². The summed E-state index contributed by atoms with van der Waals surface area (Å²) in [4.78, 5) is 16.2. The van der Waals surface area contributed by atoms with Crippen LogP contribution in [-0.4, -0.2) is 33.8 Å². The molecule has 114 valence electrons. The molecule has 1 heterocycles. The standard InChI is InChI=1S/C15H26N2O3/c1-4-6-7-20-15(19)14(5-2)12(10-18)8-13-9-16-11-17(13)3/h9,11-12,14,18H,4-8,10H2,1-3H3/t12-,14-/m0/s1. The van der Waals surface area contributed by atoms with E-state index in [-0.39, 0.29) is 24.4 Å². The van der Waals surface area contributed by atoms with Crippen molar-refractivity contribution in [3.8, 4) is 0 Å². The Bertz CT molecular complexity index is 404. The number of unbranched alkanes of at least 4 members (excludes halogenated alkanes) is 1. The summed E-state index contributed by atoms with van der Waals surface area (Å²) >= 11 is 0. The Morgan fingerprint density at radius 1 is 1.50 bits per heavy atom. The number of aliphatic hydroxyl groups excluding tert-OH is 1. The zero-order valence-corrected chi connectivity index (χ0v) is 12.7. The first-order chi connectivity index (χ1) is 9.63. The molecule has 0 saturated heterocycles. The third kappa shape index (κ3) is 4.63. The van der Waals surface area contributed by atoms with Gasteiger partial charge in [0.15, 0.2) is 0 Å². The summed E-state index contributed by atoms with van der Waals surface area (Å²) < 4.78 is 7.21. The van der Waals surface area contributed by atoms with Crippen molar-refractivity contribution in [2.45, 2.75) is 39.5 Å². The Balaban J connectivity index is 2.64. The molecular weight excluding hydrogens is 256 g/mol. The van der Waals surface area contributed by atoms with Gasteiger partial charge in [-0.1, -0.05) is 20.3 Å². The van der Waals surface area contributed by atoms with Gasteiger partial charge in [-0.2, -0.15) is 0 Å². The largest absolute Gasteiger partial charge is 0.465 e. The summed E-state index contributed by atoms with van der Waals surface area (Å²) in [6, 6.07) is 0. The molecule has 20 heavy (non-hydrogen) atoms. The average Bonchev–Trinajstić information content (AvgIpc) is 2.84. The highest BCUT2D eigenvalue weighted by Gasteiger charge is 2.28. The third-order valence-electron chi connectivity index (χ3n) is 3.68. The Morgan fingerprint density at radius 2 is 2.25 bits per heavy atom. The van der Waals surface area contributed by atoms with Crippen LogP contribution in [0.1, 0.15) is 38.8 Å². The fraction of sp³-hybridized carbons (Fsp3) is 0.733. The van der Waals surface area contributed by atoms with Crippen molar-refractivity contribution in [2.24, 2.45) is 18.9 Å². The maximum absolute atomic E-state index is 12.1. The van der Waals surface area contributed by atoms with E-state index in [1.54, 1.807) is 12.5 Å². The summed E-state index contributed by atoms with van der Waals surface area (Å²) in [5.74, 6) is -0.571. The summed E-state index contributed by atoms with van der Waals surface area (Å²) in [6.45, 7) is 4.46. The number of ether oxygens (including phenoxy) is 1. The molecule has 5 nitrogen and oxygen atoms in total. The first kappa shape index (κ1) is 16.7. The minimum Gasteiger partial charge on any atom is -0.465 e. The summed E-state index contributed by atoms with van der Waals surface area (Å²) in [5, 5.41) is 9.60. The zero-order chi connectivity index (χ0) is 15.0. The molecule has 5 heteroatoms. The van der Waals surface area contributed by atoms with Gasteiger partial charge in [0.2, 0.25) is 0 Å². The number of aliphatic hydroxyl groups is 1. The van der Waals surface area contributed by atoms with Gasteiger partial charge in [-0.05, 0) is 19.3 Å². The minimum absolute atomic E-state index is 0.0213. The van der Waals surface area contributed by atoms with Gasteiger partial charge in [-0.25, -0.2) is 4.98 Å². The third-order valence-corrected chi connectivity index (χ3v) is 3.68. The van der Waals surface area contributed by atoms with Gasteiger partial charge < -0.3 is 14.4 Å². The van der Waals surface area contributed by atoms with Gasteiger partial charge in [-0.15, -0.1) is 0 Å². The molecule has 0 spiro atoms. The molecule has 1 rings (SSSR count). The number of hydrogen-bond acceptors (Lipinski definition) is 4. The van der Waals surface area contributed by atoms with Crippen LogP contribution in [0.5, 0.6) is 0 Å².